The van der Waals surface area contributed by atoms with Gasteiger partial charge in [-0.3, -0.25) is 19.6 Å². The Bertz CT molecular complexity index is 1370. The number of nitrogens with zero attached hydrogens (tertiary/aromatic N) is 1. The summed E-state index contributed by atoms with van der Waals surface area (Å²) in [6.07, 6.45) is 0.448. The van der Waals surface area contributed by atoms with Gasteiger partial charge in [-0.05, 0) is 34.9 Å². The third-order valence-corrected chi connectivity index (χ3v) is 6.26. The van der Waals surface area contributed by atoms with E-state index in [-0.39, 0.29) is 16.7 Å². The Labute approximate surface area is 187 Å². The summed E-state index contributed by atoms with van der Waals surface area (Å²) in [6, 6.07) is 25.0. The summed E-state index contributed by atoms with van der Waals surface area (Å²) in [6.45, 7) is 0. The third-order valence-electron chi connectivity index (χ3n) is 5.39. The fourth-order valence-corrected chi connectivity index (χ4v) is 4.63. The van der Waals surface area contributed by atoms with Crippen molar-refractivity contribution >= 4 is 34.3 Å². The summed E-state index contributed by atoms with van der Waals surface area (Å²) >= 11 is 0.999. The number of nitrogens with one attached hydrogen (secondary N) is 2. The van der Waals surface area contributed by atoms with Crippen molar-refractivity contribution in [1.82, 2.24) is 4.98 Å². The second kappa shape index (κ2) is 8.28. The van der Waals surface area contributed by atoms with Crippen LogP contribution < -0.4 is 10.2 Å². The monoisotopic (exact) mass is 441 g/mol. The molecule has 1 atom stereocenters. The topological polar surface area (TPSA) is 94.5 Å². The SMILES string of the molecule is O=C1Nc2ccccc2C1C(=Nc1ccc(Cc2sc(=O)[nH]c2O)cc1)c1ccccc1. The maximum absolute atomic E-state index is 12.9. The highest BCUT2D eigenvalue weighted by Crippen LogP contribution is 2.36. The molecule has 5 rings (SSSR count). The number of benzene rings is 3. The van der Waals surface area contributed by atoms with Crippen LogP contribution >= 0.6 is 11.3 Å². The molecule has 0 saturated carbocycles. The highest BCUT2D eigenvalue weighted by Gasteiger charge is 2.35. The molecule has 32 heavy (non-hydrogen) atoms. The number of fused-ring (bicyclic) bond motifs is 1. The fraction of sp³-hybridized carbons (Fsp3) is 0.0800. The molecule has 1 aliphatic heterocycles. The Balaban J connectivity index is 1.51. The number of hydrogen-bond donors (Lipinski definition) is 3. The fourth-order valence-electron chi connectivity index (χ4n) is 3.87. The molecule has 0 radical (unpaired) electrons. The number of thiazole rings is 1. The van der Waals surface area contributed by atoms with Gasteiger partial charge in [-0.2, -0.15) is 0 Å². The van der Waals surface area contributed by atoms with Gasteiger partial charge in [0, 0.05) is 12.1 Å². The molecule has 0 bridgehead atoms. The molecule has 3 aromatic carbocycles. The Morgan fingerprint density at radius 3 is 2.38 bits per heavy atom. The highest BCUT2D eigenvalue weighted by atomic mass is 32.1. The Hall–Kier alpha value is -3.97. The van der Waals surface area contributed by atoms with Crippen LogP contribution in [0.1, 0.15) is 27.5 Å². The van der Waals surface area contributed by atoms with E-state index < -0.39 is 5.92 Å². The second-order valence-electron chi connectivity index (χ2n) is 7.50. The summed E-state index contributed by atoms with van der Waals surface area (Å²) in [5.41, 5.74) is 4.95. The normalized spacial score (nSPS) is 15.4. The van der Waals surface area contributed by atoms with E-state index in [1.807, 2.05) is 78.9 Å². The Morgan fingerprint density at radius 2 is 1.66 bits per heavy atom. The predicted octanol–water partition coefficient (Wildman–Crippen LogP) is 4.59. The first-order valence-corrected chi connectivity index (χ1v) is 10.9. The van der Waals surface area contributed by atoms with Crippen molar-refractivity contribution in [1.29, 1.82) is 0 Å². The summed E-state index contributed by atoms with van der Waals surface area (Å²) in [5.74, 6) is -0.676. The van der Waals surface area contributed by atoms with Crippen molar-refractivity contribution < 1.29 is 9.90 Å². The molecule has 158 valence electrons. The highest BCUT2D eigenvalue weighted by molar-refractivity contribution is 7.09. The Kier molecular flexibility index (Phi) is 5.17. The number of amides is 1. The van der Waals surface area contributed by atoms with Crippen molar-refractivity contribution in [2.75, 3.05) is 5.32 Å². The van der Waals surface area contributed by atoms with Crippen molar-refractivity contribution in [3.8, 4) is 5.88 Å². The minimum atomic E-state index is -0.498. The van der Waals surface area contributed by atoms with E-state index >= 15 is 0 Å². The molecule has 0 saturated heterocycles. The molecule has 0 spiro atoms. The first-order valence-electron chi connectivity index (χ1n) is 10.1. The number of aromatic hydroxyl groups is 1. The zero-order chi connectivity index (χ0) is 22.1. The number of hydrogen-bond acceptors (Lipinski definition) is 5. The van der Waals surface area contributed by atoms with Gasteiger partial charge in [0.15, 0.2) is 0 Å². The van der Waals surface area contributed by atoms with Crippen LogP contribution in [0.2, 0.25) is 0 Å². The van der Waals surface area contributed by atoms with Crippen molar-refractivity contribution in [3.05, 3.63) is 110 Å². The van der Waals surface area contributed by atoms with E-state index in [1.165, 1.54) is 0 Å². The first kappa shape index (κ1) is 20.0. The van der Waals surface area contributed by atoms with Gasteiger partial charge in [0.2, 0.25) is 11.8 Å². The number of aliphatic imine (C=N–C) groups is 1. The number of para-hydroxylation sites is 1. The maximum Gasteiger partial charge on any atom is 0.307 e. The van der Waals surface area contributed by atoms with E-state index in [0.717, 1.165) is 39.4 Å². The van der Waals surface area contributed by atoms with Crippen LogP contribution in [0, 0.1) is 0 Å². The summed E-state index contributed by atoms with van der Waals surface area (Å²) in [5, 5.41) is 12.8. The smallest absolute Gasteiger partial charge is 0.307 e. The number of rotatable bonds is 5. The number of H-pyrrole nitrogens is 1. The van der Waals surface area contributed by atoms with Crippen molar-refractivity contribution in [2.24, 2.45) is 4.99 Å². The van der Waals surface area contributed by atoms with Crippen LogP contribution in [0.15, 0.2) is 88.6 Å². The molecule has 2 heterocycles. The maximum atomic E-state index is 12.9. The molecule has 1 aliphatic rings. The predicted molar refractivity (Wildman–Crippen MR) is 126 cm³/mol. The van der Waals surface area contributed by atoms with Crippen LogP contribution in [-0.4, -0.2) is 21.7 Å². The average Bonchev–Trinajstić information content (AvgIpc) is 3.30. The van der Waals surface area contributed by atoms with Gasteiger partial charge in [-0.15, -0.1) is 0 Å². The van der Waals surface area contributed by atoms with Gasteiger partial charge in [-0.1, -0.05) is 72.0 Å². The van der Waals surface area contributed by atoms with E-state index in [2.05, 4.69) is 10.3 Å². The molecule has 1 aromatic heterocycles. The molecule has 1 amide bonds. The van der Waals surface area contributed by atoms with Gasteiger partial charge in [0.25, 0.3) is 0 Å². The Morgan fingerprint density at radius 1 is 0.938 bits per heavy atom. The van der Waals surface area contributed by atoms with Crippen LogP contribution in [0.25, 0.3) is 0 Å². The van der Waals surface area contributed by atoms with Gasteiger partial charge in [0.1, 0.15) is 5.92 Å². The van der Waals surface area contributed by atoms with Crippen molar-refractivity contribution in [3.63, 3.8) is 0 Å². The molecule has 0 aliphatic carbocycles. The van der Waals surface area contributed by atoms with E-state index in [4.69, 9.17) is 4.99 Å². The van der Waals surface area contributed by atoms with Crippen LogP contribution in [0.5, 0.6) is 5.88 Å². The number of carbonyl (C=O) groups is 1. The first-order chi connectivity index (χ1) is 15.6. The molecular weight excluding hydrogens is 422 g/mol. The van der Waals surface area contributed by atoms with E-state index in [0.29, 0.717) is 17.0 Å². The average molecular weight is 442 g/mol. The van der Waals surface area contributed by atoms with Crippen LogP contribution in [0.3, 0.4) is 0 Å². The minimum absolute atomic E-state index is 0.0839. The lowest BCUT2D eigenvalue weighted by Gasteiger charge is -2.14. The largest absolute Gasteiger partial charge is 0.494 e. The lowest BCUT2D eigenvalue weighted by Crippen LogP contribution is -2.21. The van der Waals surface area contributed by atoms with Crippen molar-refractivity contribution in [2.45, 2.75) is 12.3 Å². The molecule has 0 fully saturated rings. The standard InChI is InChI=1S/C25H19N3O3S/c29-23-20(32-25(31)28-23)14-15-10-12-17(13-11-15)26-22(16-6-2-1-3-7-16)21-18-8-4-5-9-19(18)27-24(21)30/h1-13,21,29H,14H2,(H,27,30)(H,28,31). The van der Waals surface area contributed by atoms with Crippen LogP contribution in [0.4, 0.5) is 11.4 Å². The summed E-state index contributed by atoms with van der Waals surface area (Å²) in [4.78, 5) is 31.9. The molecule has 6 nitrogen and oxygen atoms in total. The molecule has 4 aromatic rings. The lowest BCUT2D eigenvalue weighted by molar-refractivity contribution is -0.115. The molecular formula is C25H19N3O3S. The number of anilines is 1. The quantitative estimate of drug-likeness (QED) is 0.395. The second-order valence-corrected chi connectivity index (χ2v) is 8.57. The third kappa shape index (κ3) is 3.86. The van der Waals surface area contributed by atoms with Gasteiger partial charge < -0.3 is 10.4 Å². The van der Waals surface area contributed by atoms with Gasteiger partial charge in [0.05, 0.1) is 16.3 Å². The van der Waals surface area contributed by atoms with E-state index in [1.54, 1.807) is 0 Å². The zero-order valence-corrected chi connectivity index (χ0v) is 17.7. The lowest BCUT2D eigenvalue weighted by atomic mass is 9.90. The number of carbonyl (C=O) groups excluding carboxylic acids is 1. The van der Waals surface area contributed by atoms with Gasteiger partial charge in [-0.25, -0.2) is 0 Å². The summed E-state index contributed by atoms with van der Waals surface area (Å²) in [7, 11) is 0. The van der Waals surface area contributed by atoms with Crippen LogP contribution in [-0.2, 0) is 11.2 Å². The van der Waals surface area contributed by atoms with Gasteiger partial charge >= 0.3 is 4.87 Å². The molecule has 7 heteroatoms. The minimum Gasteiger partial charge on any atom is -0.494 e. The summed E-state index contributed by atoms with van der Waals surface area (Å²) < 4.78 is 0. The molecule has 1 unspecified atom stereocenters. The number of aromatic amines is 1. The zero-order valence-electron chi connectivity index (χ0n) is 16.9. The molecule has 3 N–H and O–H groups in total. The number of aromatic nitrogens is 1. The van der Waals surface area contributed by atoms with E-state index in [9.17, 15) is 14.7 Å².